The van der Waals surface area contributed by atoms with E-state index in [1.807, 2.05) is 16.8 Å². The van der Waals surface area contributed by atoms with Crippen LogP contribution in [0.25, 0.3) is 0 Å². The van der Waals surface area contributed by atoms with Gasteiger partial charge in [0.1, 0.15) is 0 Å². The van der Waals surface area contributed by atoms with Crippen LogP contribution < -0.4 is 0 Å². The fraction of sp³-hybridized carbons (Fsp3) is 0.933. The van der Waals surface area contributed by atoms with E-state index in [2.05, 4.69) is 32.6 Å². The molecule has 2 heterocycles. The van der Waals surface area contributed by atoms with Gasteiger partial charge in [0, 0.05) is 37.6 Å². The fourth-order valence-corrected chi connectivity index (χ4v) is 3.17. The number of hydrogen-bond acceptors (Lipinski definition) is 2. The van der Waals surface area contributed by atoms with Gasteiger partial charge in [0.25, 0.3) is 0 Å². The second kappa shape index (κ2) is 5.31. The molecule has 0 N–H and O–H groups in total. The van der Waals surface area contributed by atoms with E-state index in [1.54, 1.807) is 0 Å². The summed E-state index contributed by atoms with van der Waals surface area (Å²) in [6.07, 6.45) is 2.50. The molecule has 2 rings (SSSR count). The Bertz CT molecular complexity index is 324. The lowest BCUT2D eigenvalue weighted by atomic mass is 9.72. The Morgan fingerprint density at radius 3 is 2.05 bits per heavy atom. The molecule has 4 nitrogen and oxygen atoms in total. The summed E-state index contributed by atoms with van der Waals surface area (Å²) >= 11 is 0. The highest BCUT2D eigenvalue weighted by Crippen LogP contribution is 2.41. The van der Waals surface area contributed by atoms with E-state index in [0.29, 0.717) is 11.5 Å². The van der Waals surface area contributed by atoms with Crippen molar-refractivity contribution >= 4 is 6.03 Å². The van der Waals surface area contributed by atoms with Crippen LogP contribution in [0.15, 0.2) is 0 Å². The quantitative estimate of drug-likeness (QED) is 0.767. The number of rotatable bonds is 2. The molecule has 2 saturated heterocycles. The average molecular weight is 267 g/mol. The first kappa shape index (κ1) is 14.6. The summed E-state index contributed by atoms with van der Waals surface area (Å²) in [6.45, 7) is 13.0. The molecule has 0 saturated carbocycles. The van der Waals surface area contributed by atoms with Gasteiger partial charge in [-0.25, -0.2) is 4.79 Å². The zero-order chi connectivity index (χ0) is 14.2. The number of hydrogen-bond donors (Lipinski definition) is 0. The lowest BCUT2D eigenvalue weighted by molar-refractivity contribution is -0.0351. The maximum absolute atomic E-state index is 12.2. The lowest BCUT2D eigenvalue weighted by Crippen LogP contribution is -2.64. The third-order valence-electron chi connectivity index (χ3n) is 4.99. The molecule has 2 fully saturated rings. The van der Waals surface area contributed by atoms with Gasteiger partial charge in [-0.3, -0.25) is 0 Å². The smallest absolute Gasteiger partial charge is 0.320 e. The standard InChI is InChI=1S/C15H29N3O/c1-12(2)16(5)14(19)18-10-15(11-18)6-8-17(9-7-15)13(3)4/h12-13H,6-11H2,1-5H3. The van der Waals surface area contributed by atoms with Crippen molar-refractivity contribution in [1.82, 2.24) is 14.7 Å². The Hall–Kier alpha value is -0.770. The fourth-order valence-electron chi connectivity index (χ4n) is 3.17. The second-order valence-electron chi connectivity index (χ2n) is 6.97. The van der Waals surface area contributed by atoms with Crippen molar-refractivity contribution in [2.45, 2.75) is 52.6 Å². The number of piperidine rings is 1. The van der Waals surface area contributed by atoms with E-state index in [9.17, 15) is 4.79 Å². The monoisotopic (exact) mass is 267 g/mol. The summed E-state index contributed by atoms with van der Waals surface area (Å²) in [5.74, 6) is 0. The molecule has 0 radical (unpaired) electrons. The molecule has 0 unspecified atom stereocenters. The maximum atomic E-state index is 12.2. The SMILES string of the molecule is CC(C)N1CCC2(CC1)CN(C(=O)N(C)C(C)C)C2. The van der Waals surface area contributed by atoms with E-state index in [0.717, 1.165) is 13.1 Å². The highest BCUT2D eigenvalue weighted by Gasteiger charge is 2.47. The van der Waals surface area contributed by atoms with Gasteiger partial charge in [-0.05, 0) is 53.6 Å². The van der Waals surface area contributed by atoms with Crippen LogP contribution in [-0.2, 0) is 0 Å². The Kier molecular flexibility index (Phi) is 4.09. The summed E-state index contributed by atoms with van der Waals surface area (Å²) in [5, 5.41) is 0. The van der Waals surface area contributed by atoms with Crippen LogP contribution in [0.5, 0.6) is 0 Å². The van der Waals surface area contributed by atoms with Crippen LogP contribution in [0.3, 0.4) is 0 Å². The van der Waals surface area contributed by atoms with Crippen molar-refractivity contribution in [3.8, 4) is 0 Å². The average Bonchev–Trinajstić information content (AvgIpc) is 2.34. The Labute approximate surface area is 117 Å². The molecule has 0 aromatic rings. The normalized spacial score (nSPS) is 23.0. The Morgan fingerprint density at radius 2 is 1.63 bits per heavy atom. The lowest BCUT2D eigenvalue weighted by Gasteiger charge is -2.55. The predicted octanol–water partition coefficient (Wildman–Crippen LogP) is 2.25. The third-order valence-corrected chi connectivity index (χ3v) is 4.99. The van der Waals surface area contributed by atoms with E-state index < -0.39 is 0 Å². The minimum atomic E-state index is 0.201. The second-order valence-corrected chi connectivity index (χ2v) is 6.97. The van der Waals surface area contributed by atoms with E-state index >= 15 is 0 Å². The zero-order valence-electron chi connectivity index (χ0n) is 13.1. The molecule has 0 aliphatic carbocycles. The number of amides is 2. The summed E-state index contributed by atoms with van der Waals surface area (Å²) in [6, 6.07) is 1.14. The Balaban J connectivity index is 1.82. The molecule has 2 amide bonds. The van der Waals surface area contributed by atoms with E-state index in [4.69, 9.17) is 0 Å². The van der Waals surface area contributed by atoms with Crippen LogP contribution in [0.1, 0.15) is 40.5 Å². The predicted molar refractivity (Wildman–Crippen MR) is 78.2 cm³/mol. The highest BCUT2D eigenvalue weighted by molar-refractivity contribution is 5.75. The molecular weight excluding hydrogens is 238 g/mol. The van der Waals surface area contributed by atoms with Gasteiger partial charge in [0.2, 0.25) is 0 Å². The zero-order valence-corrected chi connectivity index (χ0v) is 13.1. The van der Waals surface area contributed by atoms with Gasteiger partial charge in [0.15, 0.2) is 0 Å². The number of nitrogens with zero attached hydrogens (tertiary/aromatic N) is 3. The molecule has 0 bridgehead atoms. The van der Waals surface area contributed by atoms with Crippen LogP contribution in [0, 0.1) is 5.41 Å². The van der Waals surface area contributed by atoms with Crippen molar-refractivity contribution in [2.24, 2.45) is 5.41 Å². The summed E-state index contributed by atoms with van der Waals surface area (Å²) in [7, 11) is 1.90. The van der Waals surface area contributed by atoms with Gasteiger partial charge >= 0.3 is 6.03 Å². The third kappa shape index (κ3) is 2.88. The summed E-state index contributed by atoms with van der Waals surface area (Å²) in [5.41, 5.74) is 0.429. The first-order valence-corrected chi connectivity index (χ1v) is 7.60. The van der Waals surface area contributed by atoms with Crippen molar-refractivity contribution < 1.29 is 4.79 Å². The van der Waals surface area contributed by atoms with Gasteiger partial charge in [-0.2, -0.15) is 0 Å². The number of carbonyl (C=O) groups excluding carboxylic acids is 1. The minimum absolute atomic E-state index is 0.201. The van der Waals surface area contributed by atoms with Crippen LogP contribution in [0.4, 0.5) is 4.79 Å². The molecule has 1 spiro atoms. The molecule has 19 heavy (non-hydrogen) atoms. The number of likely N-dealkylation sites (tertiary alicyclic amines) is 2. The number of carbonyl (C=O) groups is 1. The van der Waals surface area contributed by atoms with Gasteiger partial charge in [0.05, 0.1) is 0 Å². The molecule has 0 aromatic carbocycles. The van der Waals surface area contributed by atoms with Crippen molar-refractivity contribution in [3.05, 3.63) is 0 Å². The number of urea groups is 1. The topological polar surface area (TPSA) is 26.8 Å². The largest absolute Gasteiger partial charge is 0.325 e. The summed E-state index contributed by atoms with van der Waals surface area (Å²) < 4.78 is 0. The first-order valence-electron chi connectivity index (χ1n) is 7.60. The minimum Gasteiger partial charge on any atom is -0.325 e. The van der Waals surface area contributed by atoms with Crippen molar-refractivity contribution in [2.75, 3.05) is 33.2 Å². The van der Waals surface area contributed by atoms with E-state index in [-0.39, 0.29) is 12.1 Å². The van der Waals surface area contributed by atoms with Crippen LogP contribution >= 0.6 is 0 Å². The van der Waals surface area contributed by atoms with Crippen molar-refractivity contribution in [1.29, 1.82) is 0 Å². The van der Waals surface area contributed by atoms with Gasteiger partial charge in [-0.1, -0.05) is 0 Å². The molecule has 4 heteroatoms. The Morgan fingerprint density at radius 1 is 1.11 bits per heavy atom. The molecule has 2 aliphatic rings. The molecular formula is C15H29N3O. The highest BCUT2D eigenvalue weighted by atomic mass is 16.2. The molecule has 0 atom stereocenters. The molecule has 0 aromatic heterocycles. The van der Waals surface area contributed by atoms with Gasteiger partial charge < -0.3 is 14.7 Å². The molecule has 2 aliphatic heterocycles. The van der Waals surface area contributed by atoms with E-state index in [1.165, 1.54) is 25.9 Å². The summed E-state index contributed by atoms with van der Waals surface area (Å²) in [4.78, 5) is 18.6. The van der Waals surface area contributed by atoms with Gasteiger partial charge in [-0.15, -0.1) is 0 Å². The first-order chi connectivity index (χ1) is 8.84. The van der Waals surface area contributed by atoms with Crippen molar-refractivity contribution in [3.63, 3.8) is 0 Å². The van der Waals surface area contributed by atoms with Crippen LogP contribution in [0.2, 0.25) is 0 Å². The maximum Gasteiger partial charge on any atom is 0.320 e. The molecule has 110 valence electrons. The van der Waals surface area contributed by atoms with Crippen LogP contribution in [-0.4, -0.2) is 66.0 Å².